The van der Waals surface area contributed by atoms with Crippen LogP contribution >= 0.6 is 11.6 Å². The molecular weight excluding hydrogens is 284 g/mol. The molecule has 0 bridgehead atoms. The van der Waals surface area contributed by atoms with E-state index in [0.717, 1.165) is 0 Å². The van der Waals surface area contributed by atoms with Gasteiger partial charge in [0.25, 0.3) is 0 Å². The fourth-order valence-corrected chi connectivity index (χ4v) is 1.70. The number of carboxylic acid groups (broad SMARTS) is 1. The number of carbonyl (C=O) groups is 2. The molecule has 0 fully saturated rings. The van der Waals surface area contributed by atoms with Gasteiger partial charge in [-0.15, -0.1) is 0 Å². The van der Waals surface area contributed by atoms with Crippen molar-refractivity contribution in [1.82, 2.24) is 10.6 Å². The van der Waals surface area contributed by atoms with Crippen LogP contribution in [0.15, 0.2) is 18.2 Å². The summed E-state index contributed by atoms with van der Waals surface area (Å²) in [6.07, 6.45) is 0. The molecule has 0 spiro atoms. The van der Waals surface area contributed by atoms with Crippen LogP contribution in [0.4, 0.5) is 4.79 Å². The van der Waals surface area contributed by atoms with Crippen LogP contribution in [0.5, 0.6) is 5.75 Å². The molecule has 0 aliphatic heterocycles. The number of benzene rings is 1. The van der Waals surface area contributed by atoms with E-state index < -0.39 is 17.9 Å². The quantitative estimate of drug-likeness (QED) is 0.748. The molecule has 6 nitrogen and oxygen atoms in total. The van der Waals surface area contributed by atoms with Crippen molar-refractivity contribution in [2.75, 3.05) is 13.7 Å². The zero-order valence-electron chi connectivity index (χ0n) is 11.3. The van der Waals surface area contributed by atoms with E-state index >= 15 is 0 Å². The van der Waals surface area contributed by atoms with Crippen LogP contribution in [0.2, 0.25) is 5.02 Å². The molecule has 1 aromatic rings. The number of hydrogen-bond acceptors (Lipinski definition) is 3. The Balaban J connectivity index is 2.51. The summed E-state index contributed by atoms with van der Waals surface area (Å²) in [5, 5.41) is 14.3. The highest BCUT2D eigenvalue weighted by Crippen LogP contribution is 2.25. The predicted molar refractivity (Wildman–Crippen MR) is 75.0 cm³/mol. The lowest BCUT2D eigenvalue weighted by atomic mass is 10.2. The molecule has 0 heterocycles. The third-order valence-corrected chi connectivity index (χ3v) is 3.07. The minimum absolute atomic E-state index is 0.0564. The van der Waals surface area contributed by atoms with E-state index in [1.807, 2.05) is 0 Å². The average Bonchev–Trinajstić information content (AvgIpc) is 2.42. The molecule has 0 aliphatic rings. The van der Waals surface area contributed by atoms with Gasteiger partial charge in [0.05, 0.1) is 13.0 Å². The number of urea groups is 1. The Labute approximate surface area is 122 Å². The number of hydrogen-bond donors (Lipinski definition) is 3. The van der Waals surface area contributed by atoms with E-state index in [2.05, 4.69) is 10.6 Å². The molecule has 1 unspecified atom stereocenters. The van der Waals surface area contributed by atoms with E-state index in [4.69, 9.17) is 21.4 Å². The second-order valence-corrected chi connectivity index (χ2v) is 4.63. The van der Waals surface area contributed by atoms with Crippen molar-refractivity contribution >= 4 is 23.6 Å². The molecule has 1 atom stereocenters. The second-order valence-electron chi connectivity index (χ2n) is 4.22. The van der Waals surface area contributed by atoms with E-state index in [-0.39, 0.29) is 13.1 Å². The van der Waals surface area contributed by atoms with Crippen molar-refractivity contribution in [3.63, 3.8) is 0 Å². The SMILES string of the molecule is COc1cccc(Cl)c1CNC(=O)NCC(C)C(=O)O. The van der Waals surface area contributed by atoms with Gasteiger partial charge in [-0.05, 0) is 12.1 Å². The predicted octanol–water partition coefficient (Wildman–Crippen LogP) is 1.87. The van der Waals surface area contributed by atoms with Crippen LogP contribution in [0.3, 0.4) is 0 Å². The number of ether oxygens (including phenoxy) is 1. The number of carbonyl (C=O) groups excluding carboxylic acids is 1. The van der Waals surface area contributed by atoms with Crippen LogP contribution < -0.4 is 15.4 Å². The minimum atomic E-state index is -0.960. The Bertz CT molecular complexity index is 493. The van der Waals surface area contributed by atoms with Gasteiger partial charge >= 0.3 is 12.0 Å². The summed E-state index contributed by atoms with van der Waals surface area (Å²) >= 11 is 6.03. The zero-order valence-corrected chi connectivity index (χ0v) is 12.0. The molecule has 1 aromatic carbocycles. The lowest BCUT2D eigenvalue weighted by Gasteiger charge is -2.13. The summed E-state index contributed by atoms with van der Waals surface area (Å²) < 4.78 is 5.15. The average molecular weight is 301 g/mol. The van der Waals surface area contributed by atoms with Gasteiger partial charge in [0.2, 0.25) is 0 Å². The second kappa shape index (κ2) is 7.59. The van der Waals surface area contributed by atoms with Gasteiger partial charge in [-0.2, -0.15) is 0 Å². The highest BCUT2D eigenvalue weighted by molar-refractivity contribution is 6.31. The molecule has 2 amide bonds. The molecule has 0 radical (unpaired) electrons. The summed E-state index contributed by atoms with van der Waals surface area (Å²) in [6.45, 7) is 1.76. The third-order valence-electron chi connectivity index (χ3n) is 2.71. The molecule has 0 saturated heterocycles. The molecule has 0 saturated carbocycles. The summed E-state index contributed by atoms with van der Waals surface area (Å²) in [5.74, 6) is -1.02. The largest absolute Gasteiger partial charge is 0.496 e. The maximum atomic E-state index is 11.6. The van der Waals surface area contributed by atoms with Gasteiger partial charge in [0, 0.05) is 23.7 Å². The Hall–Kier alpha value is -1.95. The Morgan fingerprint density at radius 1 is 1.40 bits per heavy atom. The first-order valence-electron chi connectivity index (χ1n) is 6.01. The van der Waals surface area contributed by atoms with Crippen LogP contribution in [-0.2, 0) is 11.3 Å². The number of aliphatic carboxylic acids is 1. The highest BCUT2D eigenvalue weighted by atomic mass is 35.5. The van der Waals surface area contributed by atoms with E-state index in [1.54, 1.807) is 18.2 Å². The first kappa shape index (κ1) is 16.1. The molecular formula is C13H17ClN2O4. The Morgan fingerprint density at radius 2 is 2.10 bits per heavy atom. The van der Waals surface area contributed by atoms with Crippen molar-refractivity contribution in [3.05, 3.63) is 28.8 Å². The van der Waals surface area contributed by atoms with Crippen molar-refractivity contribution in [2.24, 2.45) is 5.92 Å². The first-order chi connectivity index (χ1) is 9.45. The number of rotatable bonds is 6. The third kappa shape index (κ3) is 4.62. The molecule has 3 N–H and O–H groups in total. The molecule has 0 aliphatic carbocycles. The first-order valence-corrected chi connectivity index (χ1v) is 6.39. The maximum Gasteiger partial charge on any atom is 0.315 e. The number of carboxylic acids is 1. The van der Waals surface area contributed by atoms with E-state index in [9.17, 15) is 9.59 Å². The number of nitrogens with one attached hydrogen (secondary N) is 2. The van der Waals surface area contributed by atoms with Gasteiger partial charge in [0.15, 0.2) is 0 Å². The fourth-order valence-electron chi connectivity index (χ4n) is 1.47. The van der Waals surface area contributed by atoms with Crippen molar-refractivity contribution in [1.29, 1.82) is 0 Å². The van der Waals surface area contributed by atoms with Crippen LogP contribution in [0.1, 0.15) is 12.5 Å². The molecule has 1 rings (SSSR count). The Morgan fingerprint density at radius 3 is 2.70 bits per heavy atom. The number of methoxy groups -OCH3 is 1. The summed E-state index contributed by atoms with van der Waals surface area (Å²) in [7, 11) is 1.52. The van der Waals surface area contributed by atoms with Gasteiger partial charge in [-0.1, -0.05) is 24.6 Å². The normalized spacial score (nSPS) is 11.6. The topological polar surface area (TPSA) is 87.7 Å². The van der Waals surface area contributed by atoms with Gasteiger partial charge in [0.1, 0.15) is 5.75 Å². The van der Waals surface area contributed by atoms with Crippen LogP contribution in [0.25, 0.3) is 0 Å². The van der Waals surface area contributed by atoms with Crippen LogP contribution in [-0.4, -0.2) is 30.8 Å². The number of amides is 2. The van der Waals surface area contributed by atoms with Gasteiger partial charge < -0.3 is 20.5 Å². The molecule has 7 heteroatoms. The zero-order chi connectivity index (χ0) is 15.1. The molecule has 110 valence electrons. The fraction of sp³-hybridized carbons (Fsp3) is 0.385. The highest BCUT2D eigenvalue weighted by Gasteiger charge is 2.13. The molecule has 20 heavy (non-hydrogen) atoms. The van der Waals surface area contributed by atoms with Crippen LogP contribution in [0, 0.1) is 5.92 Å². The molecule has 0 aromatic heterocycles. The smallest absolute Gasteiger partial charge is 0.315 e. The lowest BCUT2D eigenvalue weighted by molar-refractivity contribution is -0.140. The minimum Gasteiger partial charge on any atom is -0.496 e. The monoisotopic (exact) mass is 300 g/mol. The van der Waals surface area contributed by atoms with E-state index in [1.165, 1.54) is 14.0 Å². The lowest BCUT2D eigenvalue weighted by Crippen LogP contribution is -2.38. The van der Waals surface area contributed by atoms with Gasteiger partial charge in [-0.25, -0.2) is 4.79 Å². The van der Waals surface area contributed by atoms with Crippen molar-refractivity contribution < 1.29 is 19.4 Å². The standard InChI is InChI=1S/C13H17ClN2O4/c1-8(12(17)18)6-15-13(19)16-7-9-10(14)4-3-5-11(9)20-2/h3-5,8H,6-7H2,1-2H3,(H,17,18)(H2,15,16,19). The van der Waals surface area contributed by atoms with Crippen molar-refractivity contribution in [3.8, 4) is 5.75 Å². The van der Waals surface area contributed by atoms with E-state index in [0.29, 0.717) is 16.3 Å². The summed E-state index contributed by atoms with van der Waals surface area (Å²) in [6, 6.07) is 4.73. The maximum absolute atomic E-state index is 11.6. The summed E-state index contributed by atoms with van der Waals surface area (Å²) in [5.41, 5.74) is 0.665. The van der Waals surface area contributed by atoms with Crippen molar-refractivity contribution in [2.45, 2.75) is 13.5 Å². The summed E-state index contributed by atoms with van der Waals surface area (Å²) in [4.78, 5) is 22.2. The number of halogens is 1. The Kier molecular flexibility index (Phi) is 6.11. The van der Waals surface area contributed by atoms with Gasteiger partial charge in [-0.3, -0.25) is 4.79 Å².